The summed E-state index contributed by atoms with van der Waals surface area (Å²) in [7, 11) is 0. The van der Waals surface area contributed by atoms with Gasteiger partial charge in [-0.15, -0.1) is 0 Å². The number of nitrogen functional groups attached to an aromatic ring is 1. The third kappa shape index (κ3) is 26.5. The van der Waals surface area contributed by atoms with Crippen LogP contribution in [-0.4, -0.2) is 121 Å². The number of hydrogen-bond acceptors (Lipinski definition) is 12. The molecule has 0 bridgehead atoms. The largest absolute Gasteiger partial charge is 0.384 e. The molecule has 418 valence electrons. The molecule has 1 rings (SSSR count). The molecule has 0 spiro atoms. The Hall–Kier alpha value is -6.36. The quantitative estimate of drug-likeness (QED) is 0.0241. The van der Waals surface area contributed by atoms with E-state index in [4.69, 9.17) is 34.1 Å². The molecule has 0 radical (unpaired) electrons. The van der Waals surface area contributed by atoms with Crippen LogP contribution >= 0.6 is 0 Å². The summed E-state index contributed by atoms with van der Waals surface area (Å²) in [5.41, 5.74) is 29.3. The van der Waals surface area contributed by atoms with Gasteiger partial charge in [-0.05, 0) is 113 Å². The van der Waals surface area contributed by atoms with E-state index >= 15 is 0 Å². The highest BCUT2D eigenvalue weighted by Crippen LogP contribution is 2.14. The molecule has 0 aromatic heterocycles. The number of rotatable bonds is 36. The molecular weight excluding hydrogens is 951 g/mol. The van der Waals surface area contributed by atoms with Gasteiger partial charge in [0.1, 0.15) is 48.1 Å². The highest BCUT2D eigenvalue weighted by Gasteiger charge is 2.35. The Labute approximate surface area is 438 Å². The summed E-state index contributed by atoms with van der Waals surface area (Å²) in [5.74, 6) is -5.81. The molecule has 1 aromatic carbocycles. The number of unbranched alkanes of at least 4 members (excludes halogenated alkanes) is 2. The van der Waals surface area contributed by atoms with Gasteiger partial charge in [0.2, 0.25) is 47.3 Å². The van der Waals surface area contributed by atoms with Crippen molar-refractivity contribution in [2.24, 2.45) is 57.3 Å². The zero-order chi connectivity index (χ0) is 56.1. The number of guanidine groups is 1. The van der Waals surface area contributed by atoms with Gasteiger partial charge < -0.3 is 71.2 Å². The van der Waals surface area contributed by atoms with Crippen LogP contribution in [0.25, 0.3) is 0 Å². The van der Waals surface area contributed by atoms with Crippen LogP contribution in [0.4, 0.5) is 0 Å². The van der Waals surface area contributed by atoms with E-state index in [9.17, 15) is 38.4 Å². The van der Waals surface area contributed by atoms with E-state index in [1.54, 1.807) is 38.1 Å². The van der Waals surface area contributed by atoms with Crippen LogP contribution in [0.2, 0.25) is 0 Å². The molecule has 23 heteroatoms. The predicted molar refractivity (Wildman–Crippen MR) is 287 cm³/mol. The highest BCUT2D eigenvalue weighted by molar-refractivity contribution is 5.98. The average molecular weight is 1040 g/mol. The number of carbonyl (C=O) groups excluding carboxylic acids is 8. The van der Waals surface area contributed by atoms with Crippen molar-refractivity contribution in [2.45, 2.75) is 182 Å². The fourth-order valence-electron chi connectivity index (χ4n) is 7.90. The third-order valence-corrected chi connectivity index (χ3v) is 11.8. The Morgan fingerprint density at radius 3 is 1.27 bits per heavy atom. The topological polar surface area (TPSA) is 399 Å². The second kappa shape index (κ2) is 34.9. The zero-order valence-corrected chi connectivity index (χ0v) is 45.4. The minimum Gasteiger partial charge on any atom is -0.384 e. The van der Waals surface area contributed by atoms with Crippen molar-refractivity contribution in [2.75, 3.05) is 19.6 Å². The van der Waals surface area contributed by atoms with Crippen LogP contribution < -0.4 is 71.2 Å². The highest BCUT2D eigenvalue weighted by atomic mass is 16.2. The van der Waals surface area contributed by atoms with E-state index < -0.39 is 95.5 Å². The van der Waals surface area contributed by atoms with Gasteiger partial charge >= 0.3 is 0 Å². The van der Waals surface area contributed by atoms with Gasteiger partial charge in [0.15, 0.2) is 5.96 Å². The van der Waals surface area contributed by atoms with E-state index in [1.165, 1.54) is 6.92 Å². The second-order valence-electron chi connectivity index (χ2n) is 20.5. The summed E-state index contributed by atoms with van der Waals surface area (Å²) >= 11 is 0. The van der Waals surface area contributed by atoms with Crippen molar-refractivity contribution in [3.05, 3.63) is 35.4 Å². The Balaban J connectivity index is 3.45. The van der Waals surface area contributed by atoms with Gasteiger partial charge in [-0.2, -0.15) is 0 Å². The fraction of sp³-hybridized carbons (Fsp3) is 0.686. The molecule has 0 aliphatic rings. The lowest BCUT2D eigenvalue weighted by Gasteiger charge is -2.29. The SMILES string of the molecule is CC(=O)N[C@@H](CCCCN)C(=O)N[C@@H](CC(C)C)C(=O)N[C@@H](CC(C)C)C(=O)N[C@@H](CC(C)C)C(=O)N[C@@H](CCCN=C(N)N)C(=O)N[C@H](C(=O)N[C@@H](CCCCN)C(=O)NCc1ccc(C(=N)N)cc1)C(C)C. The third-order valence-electron chi connectivity index (χ3n) is 11.8. The normalized spacial score (nSPS) is 14.1. The first-order valence-corrected chi connectivity index (χ1v) is 26.1. The Bertz CT molecular complexity index is 1990. The van der Waals surface area contributed by atoms with Gasteiger partial charge in [0.25, 0.3) is 0 Å². The molecule has 23 nitrogen and oxygen atoms in total. The molecule has 0 heterocycles. The lowest BCUT2D eigenvalue weighted by atomic mass is 9.98. The smallest absolute Gasteiger partial charge is 0.243 e. The van der Waals surface area contributed by atoms with Crippen molar-refractivity contribution in [3.8, 4) is 0 Å². The molecule has 0 saturated carbocycles. The summed E-state index contributed by atoms with van der Waals surface area (Å²) < 4.78 is 0. The summed E-state index contributed by atoms with van der Waals surface area (Å²) in [6.07, 6.45) is 3.67. The molecule has 7 atom stereocenters. The van der Waals surface area contributed by atoms with Gasteiger partial charge in [-0.3, -0.25) is 48.8 Å². The van der Waals surface area contributed by atoms with Crippen LogP contribution in [0.15, 0.2) is 29.3 Å². The number of nitrogens with zero attached hydrogens (tertiary/aromatic N) is 1. The van der Waals surface area contributed by atoms with Crippen LogP contribution in [-0.2, 0) is 44.9 Å². The van der Waals surface area contributed by atoms with Crippen molar-refractivity contribution >= 4 is 59.1 Å². The number of aliphatic imine (C=N–C) groups is 1. The number of hydrogen-bond donors (Lipinski definition) is 14. The van der Waals surface area contributed by atoms with Gasteiger partial charge in [-0.1, -0.05) is 79.7 Å². The fourth-order valence-corrected chi connectivity index (χ4v) is 7.90. The molecule has 19 N–H and O–H groups in total. The molecule has 0 aliphatic heterocycles. The summed E-state index contributed by atoms with van der Waals surface area (Å²) in [6, 6.07) is -0.911. The van der Waals surface area contributed by atoms with Gasteiger partial charge in [-0.25, -0.2) is 0 Å². The van der Waals surface area contributed by atoms with E-state index in [0.717, 1.165) is 5.56 Å². The molecule has 8 amide bonds. The molecule has 1 aromatic rings. The maximum atomic E-state index is 14.3. The number of amidine groups is 1. The first kappa shape index (κ1) is 65.7. The average Bonchev–Trinajstić information content (AvgIpc) is 3.31. The minimum atomic E-state index is -1.25. The lowest BCUT2D eigenvalue weighted by Crippen LogP contribution is -2.61. The van der Waals surface area contributed by atoms with Crippen molar-refractivity contribution < 1.29 is 38.4 Å². The number of nitrogens with one attached hydrogen (secondary N) is 9. The monoisotopic (exact) mass is 1040 g/mol. The van der Waals surface area contributed by atoms with Crippen LogP contribution in [0.5, 0.6) is 0 Å². The van der Waals surface area contributed by atoms with E-state index in [0.29, 0.717) is 50.8 Å². The molecule has 0 unspecified atom stereocenters. The number of carbonyl (C=O) groups is 8. The standard InChI is InChI=1S/C51H91N15O8/c1-29(2)25-39(64-49(73)41(27-31(5)6)65-48(72)40(26-30(3)4)63-45(69)37(60-33(9)67)16-11-13-23-53)47(71)61-38(17-14-24-58-51(56)57)46(70)66-42(32(7)8)50(74)62-36(15-10-12-22-52)44(68)59-28-34-18-20-35(21-19-34)43(54)55/h18-21,29-32,36-42H,10-17,22-28,52-53H2,1-9H3,(H3,54,55)(H,59,68)(H,60,67)(H,61,71)(H,62,74)(H,63,69)(H,64,73)(H,65,72)(H,66,70)(H4,56,57,58)/t36-,37-,38-,39-,40-,41-,42-/m0/s1. The van der Waals surface area contributed by atoms with Crippen molar-refractivity contribution in [3.63, 3.8) is 0 Å². The van der Waals surface area contributed by atoms with E-state index in [1.807, 2.05) is 41.5 Å². The number of benzene rings is 1. The summed E-state index contributed by atoms with van der Waals surface area (Å²) in [4.78, 5) is 114. The Morgan fingerprint density at radius 1 is 0.500 bits per heavy atom. The molecule has 74 heavy (non-hydrogen) atoms. The first-order valence-electron chi connectivity index (χ1n) is 26.1. The summed E-state index contributed by atoms with van der Waals surface area (Å²) in [5, 5.41) is 29.9. The van der Waals surface area contributed by atoms with Crippen molar-refractivity contribution in [1.82, 2.24) is 42.5 Å². The lowest BCUT2D eigenvalue weighted by molar-refractivity contribution is -0.136. The van der Waals surface area contributed by atoms with Gasteiger partial charge in [0.05, 0.1) is 0 Å². The second-order valence-corrected chi connectivity index (χ2v) is 20.5. The number of amides is 8. The zero-order valence-electron chi connectivity index (χ0n) is 45.4. The molecule has 0 saturated heterocycles. The van der Waals surface area contributed by atoms with Gasteiger partial charge in [0, 0.05) is 25.6 Å². The Kier molecular flexibility index (Phi) is 31.0. The van der Waals surface area contributed by atoms with Crippen molar-refractivity contribution in [1.29, 1.82) is 5.41 Å². The molecular formula is C51H91N15O8. The summed E-state index contributed by atoms with van der Waals surface area (Å²) in [6.45, 7) is 17.0. The Morgan fingerprint density at radius 2 is 0.878 bits per heavy atom. The van der Waals surface area contributed by atoms with E-state index in [-0.39, 0.29) is 81.2 Å². The van der Waals surface area contributed by atoms with Crippen LogP contribution in [0, 0.1) is 29.1 Å². The number of nitrogens with two attached hydrogens (primary N) is 5. The predicted octanol–water partition coefficient (Wildman–Crippen LogP) is 0.106. The van der Waals surface area contributed by atoms with Crippen LogP contribution in [0.3, 0.4) is 0 Å². The molecule has 0 fully saturated rings. The maximum Gasteiger partial charge on any atom is 0.243 e. The first-order chi connectivity index (χ1) is 34.8. The van der Waals surface area contributed by atoms with Crippen LogP contribution in [0.1, 0.15) is 144 Å². The maximum absolute atomic E-state index is 14.3. The molecule has 0 aliphatic carbocycles. The minimum absolute atomic E-state index is 0.0193. The van der Waals surface area contributed by atoms with E-state index in [2.05, 4.69) is 47.5 Å².